The van der Waals surface area contributed by atoms with Gasteiger partial charge in [-0.3, -0.25) is 11.3 Å². The predicted molar refractivity (Wildman–Crippen MR) is 49.5 cm³/mol. The number of nitrogens with two attached hydrogens (primary N) is 1. The molecule has 0 amide bonds. The Morgan fingerprint density at radius 3 is 2.50 bits per heavy atom. The van der Waals surface area contributed by atoms with Gasteiger partial charge in [-0.15, -0.1) is 0 Å². The number of ether oxygens (including phenoxy) is 1. The monoisotopic (exact) mass is 172 g/mol. The fourth-order valence-electron chi connectivity index (χ4n) is 1.73. The fourth-order valence-corrected chi connectivity index (χ4v) is 1.73. The van der Waals surface area contributed by atoms with Gasteiger partial charge in [-0.05, 0) is 32.1 Å². The van der Waals surface area contributed by atoms with E-state index >= 15 is 0 Å². The highest BCUT2D eigenvalue weighted by molar-refractivity contribution is 4.97. The second-order valence-corrected chi connectivity index (χ2v) is 3.85. The molecule has 0 saturated heterocycles. The third kappa shape index (κ3) is 1.79. The molecule has 0 radical (unpaired) electrons. The van der Waals surface area contributed by atoms with Gasteiger partial charge < -0.3 is 4.74 Å². The molecule has 0 aliphatic heterocycles. The normalized spacial score (nSPS) is 25.0. The van der Waals surface area contributed by atoms with Crippen LogP contribution in [0.1, 0.15) is 33.1 Å². The summed E-state index contributed by atoms with van der Waals surface area (Å²) in [5.41, 5.74) is 2.78. The number of hydrogen-bond donors (Lipinski definition) is 2. The Balaban J connectivity index is 2.59. The first kappa shape index (κ1) is 9.96. The van der Waals surface area contributed by atoms with E-state index in [2.05, 4.69) is 19.3 Å². The summed E-state index contributed by atoms with van der Waals surface area (Å²) in [6.45, 7) is 4.26. The molecule has 0 aromatic rings. The van der Waals surface area contributed by atoms with Crippen molar-refractivity contribution in [1.82, 2.24) is 5.43 Å². The van der Waals surface area contributed by atoms with Gasteiger partial charge in [0.1, 0.15) is 0 Å². The summed E-state index contributed by atoms with van der Waals surface area (Å²) in [4.78, 5) is 0. The lowest BCUT2D eigenvalue weighted by Crippen LogP contribution is -2.53. The van der Waals surface area contributed by atoms with Gasteiger partial charge in [-0.2, -0.15) is 0 Å². The third-order valence-corrected chi connectivity index (χ3v) is 3.10. The van der Waals surface area contributed by atoms with Gasteiger partial charge in [0.25, 0.3) is 0 Å². The molecule has 0 aromatic carbocycles. The van der Waals surface area contributed by atoms with Crippen LogP contribution < -0.4 is 11.3 Å². The van der Waals surface area contributed by atoms with Crippen molar-refractivity contribution in [3.63, 3.8) is 0 Å². The van der Waals surface area contributed by atoms with Gasteiger partial charge >= 0.3 is 0 Å². The van der Waals surface area contributed by atoms with Gasteiger partial charge in [0.2, 0.25) is 0 Å². The van der Waals surface area contributed by atoms with E-state index in [-0.39, 0.29) is 5.60 Å². The molecule has 0 heterocycles. The number of rotatable bonds is 5. The van der Waals surface area contributed by atoms with Crippen LogP contribution in [0, 0.1) is 5.92 Å². The lowest BCUT2D eigenvalue weighted by atomic mass is 9.90. The smallest absolute Gasteiger partial charge is 0.0816 e. The molecule has 0 aromatic heterocycles. The molecule has 0 bridgehead atoms. The first-order chi connectivity index (χ1) is 5.68. The summed E-state index contributed by atoms with van der Waals surface area (Å²) in [7, 11) is 1.76. The number of hydrazine groups is 1. The molecule has 12 heavy (non-hydrogen) atoms. The Morgan fingerprint density at radius 1 is 1.67 bits per heavy atom. The zero-order valence-electron chi connectivity index (χ0n) is 8.26. The van der Waals surface area contributed by atoms with Crippen molar-refractivity contribution in [2.24, 2.45) is 11.8 Å². The highest BCUT2D eigenvalue weighted by atomic mass is 16.5. The topological polar surface area (TPSA) is 47.3 Å². The second kappa shape index (κ2) is 3.73. The average molecular weight is 172 g/mol. The summed E-state index contributed by atoms with van der Waals surface area (Å²) in [6, 6.07) is 0.312. The van der Waals surface area contributed by atoms with Crippen LogP contribution in [-0.2, 0) is 4.74 Å². The zero-order valence-corrected chi connectivity index (χ0v) is 8.26. The van der Waals surface area contributed by atoms with Gasteiger partial charge in [0.15, 0.2) is 0 Å². The molecule has 1 fully saturated rings. The van der Waals surface area contributed by atoms with E-state index in [0.717, 1.165) is 12.3 Å². The maximum Gasteiger partial charge on any atom is 0.0816 e. The van der Waals surface area contributed by atoms with Crippen molar-refractivity contribution in [3.8, 4) is 0 Å². The minimum Gasteiger partial charge on any atom is -0.377 e. The highest BCUT2D eigenvalue weighted by Crippen LogP contribution is 2.39. The quantitative estimate of drug-likeness (QED) is 0.481. The molecule has 0 spiro atoms. The van der Waals surface area contributed by atoms with Crippen LogP contribution in [-0.4, -0.2) is 18.8 Å². The van der Waals surface area contributed by atoms with Crippen LogP contribution in [0.3, 0.4) is 0 Å². The third-order valence-electron chi connectivity index (χ3n) is 3.10. The SMILES string of the molecule is CCC(C)(OC)C(NN)C1CC1. The van der Waals surface area contributed by atoms with Crippen molar-refractivity contribution in [2.45, 2.75) is 44.8 Å². The molecule has 2 atom stereocenters. The average Bonchev–Trinajstić information content (AvgIpc) is 2.89. The van der Waals surface area contributed by atoms with Gasteiger partial charge in [-0.25, -0.2) is 0 Å². The van der Waals surface area contributed by atoms with E-state index in [1.165, 1.54) is 12.8 Å². The fraction of sp³-hybridized carbons (Fsp3) is 1.00. The van der Waals surface area contributed by atoms with Crippen LogP contribution in [0.2, 0.25) is 0 Å². The molecule has 3 nitrogen and oxygen atoms in total. The molecule has 3 heteroatoms. The number of nitrogens with one attached hydrogen (secondary N) is 1. The molecule has 3 N–H and O–H groups in total. The predicted octanol–water partition coefficient (Wildman–Crippen LogP) is 1.04. The zero-order chi connectivity index (χ0) is 9.19. The van der Waals surface area contributed by atoms with Crippen LogP contribution in [0.25, 0.3) is 0 Å². The van der Waals surface area contributed by atoms with E-state index in [0.29, 0.717) is 6.04 Å². The molecule has 72 valence electrons. The Labute approximate surface area is 74.6 Å². The van der Waals surface area contributed by atoms with Crippen LogP contribution in [0.5, 0.6) is 0 Å². The van der Waals surface area contributed by atoms with Crippen LogP contribution in [0.4, 0.5) is 0 Å². The summed E-state index contributed by atoms with van der Waals surface area (Å²) in [5.74, 6) is 6.24. The molecule has 1 aliphatic carbocycles. The lowest BCUT2D eigenvalue weighted by Gasteiger charge is -2.35. The summed E-state index contributed by atoms with van der Waals surface area (Å²) >= 11 is 0. The van der Waals surface area contributed by atoms with Crippen molar-refractivity contribution >= 4 is 0 Å². The molecule has 1 saturated carbocycles. The van der Waals surface area contributed by atoms with Gasteiger partial charge in [-0.1, -0.05) is 6.92 Å². The number of hydrogen-bond acceptors (Lipinski definition) is 3. The van der Waals surface area contributed by atoms with Crippen molar-refractivity contribution < 1.29 is 4.74 Å². The maximum atomic E-state index is 5.52. The molecule has 1 aliphatic rings. The molecular formula is C9H20N2O. The minimum absolute atomic E-state index is 0.101. The highest BCUT2D eigenvalue weighted by Gasteiger charge is 2.42. The Kier molecular flexibility index (Phi) is 3.09. The van der Waals surface area contributed by atoms with Crippen LogP contribution >= 0.6 is 0 Å². The summed E-state index contributed by atoms with van der Waals surface area (Å²) in [5, 5.41) is 0. The molecule has 2 unspecified atom stereocenters. The van der Waals surface area contributed by atoms with E-state index in [9.17, 15) is 0 Å². The molecule has 1 rings (SSSR count). The second-order valence-electron chi connectivity index (χ2n) is 3.85. The van der Waals surface area contributed by atoms with E-state index in [1.807, 2.05) is 0 Å². The first-order valence-electron chi connectivity index (χ1n) is 4.69. The Hall–Kier alpha value is -0.120. The Morgan fingerprint density at radius 2 is 2.25 bits per heavy atom. The first-order valence-corrected chi connectivity index (χ1v) is 4.69. The van der Waals surface area contributed by atoms with E-state index < -0.39 is 0 Å². The van der Waals surface area contributed by atoms with E-state index in [4.69, 9.17) is 10.6 Å². The van der Waals surface area contributed by atoms with Crippen molar-refractivity contribution in [1.29, 1.82) is 0 Å². The number of methoxy groups -OCH3 is 1. The Bertz CT molecular complexity index is 141. The maximum absolute atomic E-state index is 5.52. The standard InChI is InChI=1S/C9H20N2O/c1-4-9(2,12-3)8(11-10)7-5-6-7/h7-8,11H,4-6,10H2,1-3H3. The summed E-state index contributed by atoms with van der Waals surface area (Å²) < 4.78 is 5.50. The lowest BCUT2D eigenvalue weighted by molar-refractivity contribution is -0.0350. The van der Waals surface area contributed by atoms with Gasteiger partial charge in [0, 0.05) is 7.11 Å². The van der Waals surface area contributed by atoms with E-state index in [1.54, 1.807) is 7.11 Å². The minimum atomic E-state index is -0.101. The van der Waals surface area contributed by atoms with Gasteiger partial charge in [0.05, 0.1) is 11.6 Å². The van der Waals surface area contributed by atoms with Crippen molar-refractivity contribution in [2.75, 3.05) is 7.11 Å². The summed E-state index contributed by atoms with van der Waals surface area (Å²) in [6.07, 6.45) is 3.57. The van der Waals surface area contributed by atoms with Crippen molar-refractivity contribution in [3.05, 3.63) is 0 Å². The largest absolute Gasteiger partial charge is 0.377 e. The molecular weight excluding hydrogens is 152 g/mol. The van der Waals surface area contributed by atoms with Crippen LogP contribution in [0.15, 0.2) is 0 Å².